The second kappa shape index (κ2) is 9.80. The minimum absolute atomic E-state index is 0.222. The van der Waals surface area contributed by atoms with Crippen LogP contribution in [0.3, 0.4) is 0 Å². The van der Waals surface area contributed by atoms with Crippen molar-refractivity contribution in [2.45, 2.75) is 18.4 Å². The highest BCUT2D eigenvalue weighted by Gasteiger charge is 2.35. The van der Waals surface area contributed by atoms with Crippen LogP contribution in [0.2, 0.25) is 0 Å². The lowest BCUT2D eigenvalue weighted by molar-refractivity contribution is -0.0948. The maximum atomic E-state index is 8.89. The van der Waals surface area contributed by atoms with Crippen molar-refractivity contribution < 1.29 is 14.2 Å². The summed E-state index contributed by atoms with van der Waals surface area (Å²) >= 11 is 0. The molecule has 0 bridgehead atoms. The first kappa shape index (κ1) is 19.8. The molecular formula is C23H24N2O3. The van der Waals surface area contributed by atoms with Gasteiger partial charge in [0.2, 0.25) is 0 Å². The SMILES string of the molecule is COC1(c2cc(NCC#N)cc(OCC#Cc3ccccc3)c2)CCOCC1. The van der Waals surface area contributed by atoms with Gasteiger partial charge in [0, 0.05) is 50.5 Å². The third kappa shape index (κ3) is 5.04. The summed E-state index contributed by atoms with van der Waals surface area (Å²) in [5.41, 5.74) is 2.40. The largest absolute Gasteiger partial charge is 0.481 e. The fraction of sp³-hybridized carbons (Fsp3) is 0.348. The first-order valence-electron chi connectivity index (χ1n) is 9.32. The molecule has 5 heteroatoms. The van der Waals surface area contributed by atoms with Crippen LogP contribution in [-0.2, 0) is 15.1 Å². The van der Waals surface area contributed by atoms with Crippen LogP contribution in [0.25, 0.3) is 0 Å². The van der Waals surface area contributed by atoms with Crippen molar-refractivity contribution >= 4 is 5.69 Å². The molecule has 0 amide bonds. The van der Waals surface area contributed by atoms with Crippen LogP contribution >= 0.6 is 0 Å². The predicted octanol–water partition coefficient (Wildman–Crippen LogP) is 3.70. The van der Waals surface area contributed by atoms with Gasteiger partial charge in [-0.25, -0.2) is 0 Å². The molecule has 1 fully saturated rings. The van der Waals surface area contributed by atoms with E-state index >= 15 is 0 Å². The number of benzene rings is 2. The van der Waals surface area contributed by atoms with E-state index in [-0.39, 0.29) is 13.2 Å². The van der Waals surface area contributed by atoms with Crippen molar-refractivity contribution in [3.8, 4) is 23.7 Å². The average Bonchev–Trinajstić information content (AvgIpc) is 2.76. The maximum Gasteiger partial charge on any atom is 0.149 e. The molecule has 0 radical (unpaired) electrons. The molecule has 0 atom stereocenters. The Morgan fingerprint density at radius 3 is 2.64 bits per heavy atom. The van der Waals surface area contributed by atoms with Gasteiger partial charge in [-0.1, -0.05) is 30.0 Å². The normalized spacial score (nSPS) is 15.0. The topological polar surface area (TPSA) is 63.5 Å². The Morgan fingerprint density at radius 1 is 1.14 bits per heavy atom. The Hall–Kier alpha value is -2.99. The molecule has 1 saturated heterocycles. The van der Waals surface area contributed by atoms with E-state index in [1.165, 1.54) is 0 Å². The minimum Gasteiger partial charge on any atom is -0.481 e. The molecule has 3 rings (SSSR count). The van der Waals surface area contributed by atoms with E-state index in [9.17, 15) is 0 Å². The summed E-state index contributed by atoms with van der Waals surface area (Å²) in [6.45, 7) is 1.81. The Kier molecular flexibility index (Phi) is 6.92. The predicted molar refractivity (Wildman–Crippen MR) is 108 cm³/mol. The minimum atomic E-state index is -0.406. The van der Waals surface area contributed by atoms with Crippen LogP contribution in [0, 0.1) is 23.2 Å². The zero-order chi connectivity index (χ0) is 19.7. The molecule has 0 aromatic heterocycles. The Labute approximate surface area is 166 Å². The third-order valence-electron chi connectivity index (χ3n) is 4.81. The van der Waals surface area contributed by atoms with Crippen molar-refractivity contribution in [2.24, 2.45) is 0 Å². The van der Waals surface area contributed by atoms with Gasteiger partial charge in [-0.15, -0.1) is 0 Å². The Morgan fingerprint density at radius 2 is 1.93 bits per heavy atom. The number of nitrogens with zero attached hydrogens (tertiary/aromatic N) is 1. The van der Waals surface area contributed by atoms with Gasteiger partial charge in [0.25, 0.3) is 0 Å². The molecule has 1 aliphatic heterocycles. The second-order valence-electron chi connectivity index (χ2n) is 6.52. The molecule has 2 aromatic carbocycles. The number of anilines is 1. The fourth-order valence-electron chi connectivity index (χ4n) is 3.28. The van der Waals surface area contributed by atoms with Gasteiger partial charge in [0.1, 0.15) is 18.9 Å². The van der Waals surface area contributed by atoms with E-state index in [0.717, 1.165) is 29.7 Å². The molecule has 1 N–H and O–H groups in total. The number of nitriles is 1. The first-order chi connectivity index (χ1) is 13.8. The maximum absolute atomic E-state index is 8.89. The molecule has 1 heterocycles. The first-order valence-corrected chi connectivity index (χ1v) is 9.32. The van der Waals surface area contributed by atoms with Gasteiger partial charge in [-0.3, -0.25) is 0 Å². The summed E-state index contributed by atoms with van der Waals surface area (Å²) in [4.78, 5) is 0. The molecule has 0 aliphatic carbocycles. The van der Waals surface area contributed by atoms with Gasteiger partial charge in [-0.05, 0) is 29.8 Å². The summed E-state index contributed by atoms with van der Waals surface area (Å²) in [5.74, 6) is 6.82. The highest BCUT2D eigenvalue weighted by Crippen LogP contribution is 2.38. The third-order valence-corrected chi connectivity index (χ3v) is 4.81. The van der Waals surface area contributed by atoms with Crippen LogP contribution in [-0.4, -0.2) is 33.5 Å². The smallest absolute Gasteiger partial charge is 0.149 e. The van der Waals surface area contributed by atoms with Crippen molar-refractivity contribution in [1.82, 2.24) is 0 Å². The highest BCUT2D eigenvalue weighted by atomic mass is 16.5. The molecule has 0 saturated carbocycles. The van der Waals surface area contributed by atoms with Crippen LogP contribution in [0.1, 0.15) is 24.0 Å². The van der Waals surface area contributed by atoms with E-state index < -0.39 is 5.60 Å². The highest BCUT2D eigenvalue weighted by molar-refractivity contribution is 5.53. The number of rotatable bonds is 6. The summed E-state index contributed by atoms with van der Waals surface area (Å²) in [7, 11) is 1.73. The summed E-state index contributed by atoms with van der Waals surface area (Å²) in [5, 5.41) is 12.0. The Balaban J connectivity index is 1.79. The van der Waals surface area contributed by atoms with Gasteiger partial charge in [0.05, 0.1) is 11.7 Å². The number of ether oxygens (including phenoxy) is 3. The number of methoxy groups -OCH3 is 1. The van der Waals surface area contributed by atoms with Crippen molar-refractivity contribution in [3.05, 3.63) is 59.7 Å². The molecule has 2 aromatic rings. The molecule has 144 valence electrons. The summed E-state index contributed by atoms with van der Waals surface area (Å²) in [6.07, 6.45) is 1.55. The number of hydrogen-bond acceptors (Lipinski definition) is 5. The molecule has 28 heavy (non-hydrogen) atoms. The van der Waals surface area contributed by atoms with E-state index in [0.29, 0.717) is 19.0 Å². The molecule has 1 aliphatic rings. The zero-order valence-electron chi connectivity index (χ0n) is 16.0. The monoisotopic (exact) mass is 376 g/mol. The van der Waals surface area contributed by atoms with Crippen LogP contribution in [0.15, 0.2) is 48.5 Å². The lowest BCUT2D eigenvalue weighted by Crippen LogP contribution is -2.35. The summed E-state index contributed by atoms with van der Waals surface area (Å²) < 4.78 is 17.3. The van der Waals surface area contributed by atoms with Crippen molar-refractivity contribution in [3.63, 3.8) is 0 Å². The number of hydrogen-bond donors (Lipinski definition) is 1. The zero-order valence-corrected chi connectivity index (χ0v) is 16.0. The lowest BCUT2D eigenvalue weighted by atomic mass is 9.85. The molecule has 0 unspecified atom stereocenters. The molecule has 0 spiro atoms. The Bertz CT molecular complexity index is 872. The van der Waals surface area contributed by atoms with Gasteiger partial charge >= 0.3 is 0 Å². The van der Waals surface area contributed by atoms with Crippen molar-refractivity contribution in [1.29, 1.82) is 5.26 Å². The standard InChI is InChI=1S/C23H24N2O3/c1-26-23(9-14-27-15-10-23)20-16-21(25-12-11-24)18-22(17-20)28-13-5-8-19-6-3-2-4-7-19/h2-4,6-7,16-18,25H,9-10,12-15H2,1H3. The van der Waals surface area contributed by atoms with Gasteiger partial charge in [0.15, 0.2) is 0 Å². The van der Waals surface area contributed by atoms with E-state index in [2.05, 4.69) is 23.2 Å². The van der Waals surface area contributed by atoms with Crippen molar-refractivity contribution in [2.75, 3.05) is 38.8 Å². The van der Waals surface area contributed by atoms with E-state index in [1.807, 2.05) is 48.5 Å². The molecule has 5 nitrogen and oxygen atoms in total. The fourth-order valence-corrected chi connectivity index (χ4v) is 3.28. The summed E-state index contributed by atoms with van der Waals surface area (Å²) in [6, 6.07) is 17.8. The molecular weight excluding hydrogens is 352 g/mol. The van der Waals surface area contributed by atoms with E-state index in [4.69, 9.17) is 19.5 Å². The van der Waals surface area contributed by atoms with Crippen LogP contribution in [0.4, 0.5) is 5.69 Å². The number of nitrogens with one attached hydrogen (secondary N) is 1. The lowest BCUT2D eigenvalue weighted by Gasteiger charge is -2.36. The van der Waals surface area contributed by atoms with Gasteiger partial charge in [-0.2, -0.15) is 5.26 Å². The second-order valence-corrected chi connectivity index (χ2v) is 6.52. The van der Waals surface area contributed by atoms with E-state index in [1.54, 1.807) is 7.11 Å². The average molecular weight is 376 g/mol. The van der Waals surface area contributed by atoms with Crippen LogP contribution in [0.5, 0.6) is 5.75 Å². The van der Waals surface area contributed by atoms with Crippen LogP contribution < -0.4 is 10.1 Å². The quantitative estimate of drug-likeness (QED) is 0.615. The van der Waals surface area contributed by atoms with Gasteiger partial charge < -0.3 is 19.5 Å².